The van der Waals surface area contributed by atoms with Crippen LogP contribution in [0, 0.1) is 0 Å². The van der Waals surface area contributed by atoms with Crippen molar-refractivity contribution in [3.8, 4) is 0 Å². The highest BCUT2D eigenvalue weighted by Gasteiger charge is 2.36. The zero-order chi connectivity index (χ0) is 19.5. The first-order valence-electron chi connectivity index (χ1n) is 9.03. The lowest BCUT2D eigenvalue weighted by molar-refractivity contribution is -0.122. The second kappa shape index (κ2) is 7.66. The van der Waals surface area contributed by atoms with Crippen LogP contribution >= 0.6 is 0 Å². The zero-order valence-electron chi connectivity index (χ0n) is 15.1. The minimum absolute atomic E-state index is 0.0809. The van der Waals surface area contributed by atoms with Gasteiger partial charge in [-0.1, -0.05) is 30.3 Å². The lowest BCUT2D eigenvalue weighted by atomic mass is 10.1. The number of rotatable bonds is 3. The normalized spacial score (nSPS) is 19.1. The molecule has 142 valence electrons. The van der Waals surface area contributed by atoms with Crippen LogP contribution in [0.15, 0.2) is 60.2 Å². The van der Waals surface area contributed by atoms with Crippen molar-refractivity contribution in [2.45, 2.75) is 0 Å². The summed E-state index contributed by atoms with van der Waals surface area (Å²) in [6.07, 6.45) is 1.50. The van der Waals surface area contributed by atoms with Crippen LogP contribution in [0.3, 0.4) is 0 Å². The summed E-state index contributed by atoms with van der Waals surface area (Å²) in [4.78, 5) is 40.4. The molecule has 0 radical (unpaired) electrons. The topological polar surface area (TPSA) is 79.0 Å². The first-order chi connectivity index (χ1) is 13.6. The van der Waals surface area contributed by atoms with E-state index in [4.69, 9.17) is 4.74 Å². The van der Waals surface area contributed by atoms with Gasteiger partial charge >= 0.3 is 6.03 Å². The molecular weight excluding hydrogens is 358 g/mol. The molecule has 28 heavy (non-hydrogen) atoms. The van der Waals surface area contributed by atoms with Crippen molar-refractivity contribution in [3.63, 3.8) is 0 Å². The van der Waals surface area contributed by atoms with Crippen LogP contribution in [0.25, 0.3) is 6.08 Å². The Kier molecular flexibility index (Phi) is 4.90. The van der Waals surface area contributed by atoms with E-state index >= 15 is 0 Å². The highest BCUT2D eigenvalue weighted by molar-refractivity contribution is 6.39. The van der Waals surface area contributed by atoms with Gasteiger partial charge in [-0.25, -0.2) is 9.69 Å². The standard InChI is InChI=1S/C21H19N3O4/c25-19-18(20(26)24(21(27)22-19)17-4-2-1-3-5-17)14-15-6-8-16(9-7-15)23-10-12-28-13-11-23/h1-9,14H,10-13H2,(H,22,25,27)/b18-14+. The van der Waals surface area contributed by atoms with Gasteiger partial charge in [0, 0.05) is 18.8 Å². The monoisotopic (exact) mass is 377 g/mol. The van der Waals surface area contributed by atoms with E-state index < -0.39 is 17.8 Å². The van der Waals surface area contributed by atoms with Gasteiger partial charge in [-0.2, -0.15) is 0 Å². The fraction of sp³-hybridized carbons (Fsp3) is 0.190. The molecule has 4 rings (SSSR count). The number of amides is 4. The Balaban J connectivity index is 1.59. The van der Waals surface area contributed by atoms with E-state index in [-0.39, 0.29) is 5.57 Å². The van der Waals surface area contributed by atoms with Crippen molar-refractivity contribution in [1.82, 2.24) is 5.32 Å². The smallest absolute Gasteiger partial charge is 0.335 e. The number of hydrogen-bond donors (Lipinski definition) is 1. The number of para-hydroxylation sites is 1. The number of anilines is 2. The van der Waals surface area contributed by atoms with Crippen molar-refractivity contribution in [2.24, 2.45) is 0 Å². The molecule has 2 heterocycles. The Hall–Kier alpha value is -3.45. The average Bonchev–Trinajstić information content (AvgIpc) is 2.73. The molecule has 0 bridgehead atoms. The number of nitrogens with zero attached hydrogens (tertiary/aromatic N) is 2. The molecule has 2 saturated heterocycles. The highest BCUT2D eigenvalue weighted by atomic mass is 16.5. The Morgan fingerprint density at radius 1 is 0.857 bits per heavy atom. The molecule has 4 amide bonds. The number of nitrogens with one attached hydrogen (secondary N) is 1. The van der Waals surface area contributed by atoms with E-state index in [1.807, 2.05) is 24.3 Å². The maximum Gasteiger partial charge on any atom is 0.335 e. The fourth-order valence-electron chi connectivity index (χ4n) is 3.24. The summed E-state index contributed by atoms with van der Waals surface area (Å²) in [5.74, 6) is -1.34. The van der Waals surface area contributed by atoms with Gasteiger partial charge in [-0.05, 0) is 35.9 Å². The van der Waals surface area contributed by atoms with Gasteiger partial charge in [0.2, 0.25) is 0 Å². The summed E-state index contributed by atoms with van der Waals surface area (Å²) in [5.41, 5.74) is 2.09. The van der Waals surface area contributed by atoms with Crippen LogP contribution in [-0.4, -0.2) is 44.1 Å². The first kappa shape index (κ1) is 17.9. The fourth-order valence-corrected chi connectivity index (χ4v) is 3.24. The Morgan fingerprint density at radius 2 is 1.54 bits per heavy atom. The number of morpholine rings is 1. The molecule has 2 aromatic rings. The molecule has 0 spiro atoms. The summed E-state index contributed by atoms with van der Waals surface area (Å²) in [7, 11) is 0. The number of carbonyl (C=O) groups is 3. The van der Waals surface area contributed by atoms with E-state index in [9.17, 15) is 14.4 Å². The lowest BCUT2D eigenvalue weighted by Gasteiger charge is -2.29. The number of imide groups is 2. The van der Waals surface area contributed by atoms with E-state index in [2.05, 4.69) is 10.2 Å². The molecule has 0 aliphatic carbocycles. The second-order valence-electron chi connectivity index (χ2n) is 6.48. The van der Waals surface area contributed by atoms with E-state index in [0.717, 1.165) is 23.7 Å². The SMILES string of the molecule is O=C1NC(=O)N(c2ccccc2)C(=O)/C1=C/c1ccc(N2CCOCC2)cc1. The minimum Gasteiger partial charge on any atom is -0.378 e. The summed E-state index contributed by atoms with van der Waals surface area (Å²) in [6, 6.07) is 15.4. The second-order valence-corrected chi connectivity index (χ2v) is 6.48. The van der Waals surface area contributed by atoms with E-state index in [0.29, 0.717) is 24.5 Å². The first-order valence-corrected chi connectivity index (χ1v) is 9.03. The molecule has 0 aromatic heterocycles. The molecule has 0 atom stereocenters. The van der Waals surface area contributed by atoms with E-state index in [1.165, 1.54) is 6.08 Å². The van der Waals surface area contributed by atoms with Crippen molar-refractivity contribution in [1.29, 1.82) is 0 Å². The maximum atomic E-state index is 12.8. The van der Waals surface area contributed by atoms with Gasteiger partial charge in [0.15, 0.2) is 0 Å². The number of hydrogen-bond acceptors (Lipinski definition) is 5. The maximum absolute atomic E-state index is 12.8. The third-order valence-corrected chi connectivity index (χ3v) is 4.70. The van der Waals surface area contributed by atoms with E-state index in [1.54, 1.807) is 30.3 Å². The van der Waals surface area contributed by atoms with Gasteiger partial charge in [0.05, 0.1) is 18.9 Å². The number of urea groups is 1. The van der Waals surface area contributed by atoms with Gasteiger partial charge in [-0.15, -0.1) is 0 Å². The number of carbonyl (C=O) groups excluding carboxylic acids is 3. The number of barbiturate groups is 1. The summed E-state index contributed by atoms with van der Waals surface area (Å²) >= 11 is 0. The molecule has 0 unspecified atom stereocenters. The van der Waals surface area contributed by atoms with Crippen molar-refractivity contribution < 1.29 is 19.1 Å². The van der Waals surface area contributed by atoms with Crippen LogP contribution < -0.4 is 15.1 Å². The predicted molar refractivity (Wildman–Crippen MR) is 105 cm³/mol. The Morgan fingerprint density at radius 3 is 2.21 bits per heavy atom. The lowest BCUT2D eigenvalue weighted by Crippen LogP contribution is -2.54. The molecule has 2 aliphatic rings. The molecule has 2 fully saturated rings. The molecule has 1 N–H and O–H groups in total. The number of benzene rings is 2. The highest BCUT2D eigenvalue weighted by Crippen LogP contribution is 2.23. The predicted octanol–water partition coefficient (Wildman–Crippen LogP) is 2.19. The van der Waals surface area contributed by atoms with Crippen molar-refractivity contribution >= 4 is 35.3 Å². The Bertz CT molecular complexity index is 932. The molecular formula is C21H19N3O4. The van der Waals surface area contributed by atoms with Crippen molar-refractivity contribution in [3.05, 3.63) is 65.7 Å². The molecule has 7 nitrogen and oxygen atoms in total. The summed E-state index contributed by atoms with van der Waals surface area (Å²) in [6.45, 7) is 3.05. The van der Waals surface area contributed by atoms with Crippen LogP contribution in [0.1, 0.15) is 5.56 Å². The van der Waals surface area contributed by atoms with Gasteiger partial charge in [0.1, 0.15) is 5.57 Å². The Labute approximate surface area is 162 Å². The van der Waals surface area contributed by atoms with Gasteiger partial charge in [-0.3, -0.25) is 14.9 Å². The quantitative estimate of drug-likeness (QED) is 0.655. The van der Waals surface area contributed by atoms with Crippen LogP contribution in [0.4, 0.5) is 16.2 Å². The van der Waals surface area contributed by atoms with Crippen LogP contribution in [0.5, 0.6) is 0 Å². The van der Waals surface area contributed by atoms with Gasteiger partial charge in [0.25, 0.3) is 11.8 Å². The van der Waals surface area contributed by atoms with Gasteiger partial charge < -0.3 is 9.64 Å². The zero-order valence-corrected chi connectivity index (χ0v) is 15.1. The summed E-state index contributed by atoms with van der Waals surface area (Å²) < 4.78 is 5.36. The summed E-state index contributed by atoms with van der Waals surface area (Å²) in [5, 5.41) is 2.23. The largest absolute Gasteiger partial charge is 0.378 e. The average molecular weight is 377 g/mol. The molecule has 2 aromatic carbocycles. The van der Waals surface area contributed by atoms with Crippen LogP contribution in [0.2, 0.25) is 0 Å². The van der Waals surface area contributed by atoms with Crippen molar-refractivity contribution in [2.75, 3.05) is 36.1 Å². The molecule has 7 heteroatoms. The third-order valence-electron chi connectivity index (χ3n) is 4.70. The third kappa shape index (κ3) is 3.52. The van der Waals surface area contributed by atoms with Crippen LogP contribution in [-0.2, 0) is 14.3 Å². The molecule has 0 saturated carbocycles. The molecule has 2 aliphatic heterocycles. The number of ether oxygens (including phenoxy) is 1. The minimum atomic E-state index is -0.749.